The van der Waals surface area contributed by atoms with E-state index in [0.717, 1.165) is 40.3 Å². The Morgan fingerprint density at radius 2 is 1.76 bits per heavy atom. The van der Waals surface area contributed by atoms with E-state index in [2.05, 4.69) is 29.3 Å². The molecule has 25 heavy (non-hydrogen) atoms. The van der Waals surface area contributed by atoms with Gasteiger partial charge in [-0.05, 0) is 59.5 Å². The summed E-state index contributed by atoms with van der Waals surface area (Å²) in [7, 11) is 0. The first kappa shape index (κ1) is 15.2. The van der Waals surface area contributed by atoms with Crippen molar-refractivity contribution in [3.8, 4) is 22.6 Å². The standard InChI is InChI=1S/C20H18N4O/c1-2-14-12-15(8-10-18(14)25-17-6-4-3-5-7-17)16-9-11-19-22-23-20(21)24(19)13-16/h3-13H,2H2,1H3,(H2,21,23). The summed E-state index contributed by atoms with van der Waals surface area (Å²) >= 11 is 0. The van der Waals surface area contributed by atoms with Gasteiger partial charge in [0.05, 0.1) is 0 Å². The number of anilines is 1. The van der Waals surface area contributed by atoms with Gasteiger partial charge < -0.3 is 10.5 Å². The van der Waals surface area contributed by atoms with Crippen LogP contribution in [0.25, 0.3) is 16.8 Å². The summed E-state index contributed by atoms with van der Waals surface area (Å²) in [4.78, 5) is 0. The Bertz CT molecular complexity index is 1020. The molecule has 0 amide bonds. The highest BCUT2D eigenvalue weighted by atomic mass is 16.5. The third kappa shape index (κ3) is 2.92. The topological polar surface area (TPSA) is 65.4 Å². The molecular formula is C20H18N4O. The fourth-order valence-corrected chi connectivity index (χ4v) is 2.83. The van der Waals surface area contributed by atoms with Crippen LogP contribution in [0, 0.1) is 0 Å². The van der Waals surface area contributed by atoms with Crippen LogP contribution >= 0.6 is 0 Å². The van der Waals surface area contributed by atoms with Gasteiger partial charge in [0, 0.05) is 6.20 Å². The van der Waals surface area contributed by atoms with E-state index >= 15 is 0 Å². The van der Waals surface area contributed by atoms with Gasteiger partial charge in [-0.2, -0.15) is 0 Å². The van der Waals surface area contributed by atoms with Gasteiger partial charge in [-0.3, -0.25) is 4.40 Å². The molecule has 2 aromatic heterocycles. The van der Waals surface area contributed by atoms with E-state index < -0.39 is 0 Å². The van der Waals surface area contributed by atoms with Crippen molar-refractivity contribution in [2.45, 2.75) is 13.3 Å². The third-order valence-electron chi connectivity index (χ3n) is 4.17. The van der Waals surface area contributed by atoms with Crippen LogP contribution in [0.3, 0.4) is 0 Å². The maximum atomic E-state index is 6.02. The molecule has 0 saturated carbocycles. The number of pyridine rings is 1. The fourth-order valence-electron chi connectivity index (χ4n) is 2.83. The van der Waals surface area contributed by atoms with Crippen molar-refractivity contribution in [1.29, 1.82) is 0 Å². The molecule has 0 bridgehead atoms. The summed E-state index contributed by atoms with van der Waals surface area (Å²) in [5.41, 5.74) is 9.91. The number of hydrogen-bond donors (Lipinski definition) is 1. The van der Waals surface area contributed by atoms with Gasteiger partial charge in [-0.25, -0.2) is 0 Å². The summed E-state index contributed by atoms with van der Waals surface area (Å²) in [5.74, 6) is 2.10. The minimum absolute atomic E-state index is 0.386. The van der Waals surface area contributed by atoms with Crippen LogP contribution in [0.4, 0.5) is 5.95 Å². The first-order chi connectivity index (χ1) is 12.2. The molecule has 0 spiro atoms. The second-order valence-electron chi connectivity index (χ2n) is 5.80. The van der Waals surface area contributed by atoms with E-state index in [1.54, 1.807) is 4.40 Å². The van der Waals surface area contributed by atoms with Crippen molar-refractivity contribution in [3.05, 3.63) is 72.4 Å². The number of hydrogen-bond acceptors (Lipinski definition) is 4. The Morgan fingerprint density at radius 1 is 0.960 bits per heavy atom. The van der Waals surface area contributed by atoms with Gasteiger partial charge in [0.15, 0.2) is 5.65 Å². The van der Waals surface area contributed by atoms with Crippen molar-refractivity contribution in [1.82, 2.24) is 14.6 Å². The maximum absolute atomic E-state index is 6.02. The molecule has 0 aliphatic rings. The molecule has 0 aliphatic heterocycles. The third-order valence-corrected chi connectivity index (χ3v) is 4.17. The van der Waals surface area contributed by atoms with Crippen LogP contribution in [0.15, 0.2) is 66.9 Å². The van der Waals surface area contributed by atoms with Crippen LogP contribution < -0.4 is 10.5 Å². The first-order valence-electron chi connectivity index (χ1n) is 8.21. The summed E-state index contributed by atoms with van der Waals surface area (Å²) in [5, 5.41) is 7.91. The van der Waals surface area contributed by atoms with Gasteiger partial charge in [-0.15, -0.1) is 10.2 Å². The van der Waals surface area contributed by atoms with Gasteiger partial charge in [0.25, 0.3) is 0 Å². The number of fused-ring (bicyclic) bond motifs is 1. The summed E-state index contributed by atoms with van der Waals surface area (Å²) in [6.45, 7) is 2.12. The average Bonchev–Trinajstić information content (AvgIpc) is 3.03. The van der Waals surface area contributed by atoms with Crippen molar-refractivity contribution in [2.75, 3.05) is 5.73 Å². The number of nitrogens with zero attached hydrogens (tertiary/aromatic N) is 3. The molecule has 2 heterocycles. The molecule has 4 aromatic rings. The van der Waals surface area contributed by atoms with Crippen molar-refractivity contribution in [3.63, 3.8) is 0 Å². The van der Waals surface area contributed by atoms with E-state index in [-0.39, 0.29) is 0 Å². The Kier molecular flexibility index (Phi) is 3.82. The van der Waals surface area contributed by atoms with E-state index in [9.17, 15) is 0 Å². The van der Waals surface area contributed by atoms with E-state index in [4.69, 9.17) is 10.5 Å². The normalized spacial score (nSPS) is 10.9. The second kappa shape index (κ2) is 6.28. The number of rotatable bonds is 4. The van der Waals surface area contributed by atoms with E-state index in [0.29, 0.717) is 5.95 Å². The summed E-state index contributed by atoms with van der Waals surface area (Å²) < 4.78 is 7.81. The first-order valence-corrected chi connectivity index (χ1v) is 8.21. The fraction of sp³-hybridized carbons (Fsp3) is 0.100. The van der Waals surface area contributed by atoms with E-state index in [1.165, 1.54) is 0 Å². The number of aromatic nitrogens is 3. The van der Waals surface area contributed by atoms with Crippen LogP contribution in [0.2, 0.25) is 0 Å². The van der Waals surface area contributed by atoms with E-state index in [1.807, 2.05) is 54.7 Å². The Labute approximate surface area is 145 Å². The molecule has 5 heteroatoms. The smallest absolute Gasteiger partial charge is 0.226 e. The molecule has 0 radical (unpaired) electrons. The predicted molar refractivity (Wildman–Crippen MR) is 98.7 cm³/mol. The molecule has 124 valence electrons. The SMILES string of the molecule is CCc1cc(-c2ccc3nnc(N)n3c2)ccc1Oc1ccccc1. The van der Waals surface area contributed by atoms with Gasteiger partial charge in [0.2, 0.25) is 5.95 Å². The average molecular weight is 330 g/mol. The Balaban J connectivity index is 1.71. The van der Waals surface area contributed by atoms with Crippen LogP contribution in [0.5, 0.6) is 11.5 Å². The lowest BCUT2D eigenvalue weighted by molar-refractivity contribution is 0.477. The second-order valence-corrected chi connectivity index (χ2v) is 5.80. The molecule has 0 atom stereocenters. The highest BCUT2D eigenvalue weighted by Gasteiger charge is 2.08. The molecule has 5 nitrogen and oxygen atoms in total. The molecule has 0 fully saturated rings. The molecule has 0 saturated heterocycles. The lowest BCUT2D eigenvalue weighted by atomic mass is 10.0. The molecule has 2 aromatic carbocycles. The lowest BCUT2D eigenvalue weighted by Gasteiger charge is -2.12. The number of nitrogens with two attached hydrogens (primary N) is 1. The van der Waals surface area contributed by atoms with Crippen molar-refractivity contribution < 1.29 is 4.74 Å². The zero-order valence-electron chi connectivity index (χ0n) is 13.9. The predicted octanol–water partition coefficient (Wildman–Crippen LogP) is 4.33. The monoisotopic (exact) mass is 330 g/mol. The van der Waals surface area contributed by atoms with Crippen LogP contribution in [-0.4, -0.2) is 14.6 Å². The largest absolute Gasteiger partial charge is 0.457 e. The Hall–Kier alpha value is -3.34. The highest BCUT2D eigenvalue weighted by Crippen LogP contribution is 2.30. The molecule has 0 aliphatic carbocycles. The van der Waals surface area contributed by atoms with Crippen LogP contribution in [0.1, 0.15) is 12.5 Å². The van der Waals surface area contributed by atoms with Crippen LogP contribution in [-0.2, 0) is 6.42 Å². The maximum Gasteiger partial charge on any atom is 0.226 e. The quantitative estimate of drug-likeness (QED) is 0.605. The summed E-state index contributed by atoms with van der Waals surface area (Å²) in [6, 6.07) is 20.0. The highest BCUT2D eigenvalue weighted by molar-refractivity contribution is 5.67. The summed E-state index contributed by atoms with van der Waals surface area (Å²) in [6.07, 6.45) is 2.84. The minimum Gasteiger partial charge on any atom is -0.457 e. The molecule has 2 N–H and O–H groups in total. The number of aryl methyl sites for hydroxylation is 1. The van der Waals surface area contributed by atoms with Gasteiger partial charge >= 0.3 is 0 Å². The van der Waals surface area contributed by atoms with Gasteiger partial charge in [-0.1, -0.05) is 31.2 Å². The Morgan fingerprint density at radius 3 is 2.56 bits per heavy atom. The molecular weight excluding hydrogens is 312 g/mol. The molecule has 0 unspecified atom stereocenters. The number of benzene rings is 2. The molecule has 4 rings (SSSR count). The number of para-hydroxylation sites is 1. The number of ether oxygens (including phenoxy) is 1. The zero-order chi connectivity index (χ0) is 17.2. The number of nitrogen functional groups attached to an aromatic ring is 1. The lowest BCUT2D eigenvalue weighted by Crippen LogP contribution is -1.95. The van der Waals surface area contributed by atoms with Gasteiger partial charge in [0.1, 0.15) is 11.5 Å². The van der Waals surface area contributed by atoms with Crippen molar-refractivity contribution >= 4 is 11.6 Å². The van der Waals surface area contributed by atoms with Crippen molar-refractivity contribution in [2.24, 2.45) is 0 Å². The minimum atomic E-state index is 0.386. The zero-order valence-corrected chi connectivity index (χ0v) is 13.9.